The van der Waals surface area contributed by atoms with Gasteiger partial charge < -0.3 is 5.32 Å². The van der Waals surface area contributed by atoms with Crippen LogP contribution in [-0.2, 0) is 6.54 Å². The van der Waals surface area contributed by atoms with Crippen molar-refractivity contribution in [2.75, 3.05) is 5.32 Å². The highest BCUT2D eigenvalue weighted by Crippen LogP contribution is 2.32. The second kappa shape index (κ2) is 5.17. The Morgan fingerprint density at radius 1 is 1.20 bits per heavy atom. The van der Waals surface area contributed by atoms with E-state index in [0.717, 1.165) is 16.0 Å². The lowest BCUT2D eigenvalue weighted by Gasteiger charge is -2.08. The molecule has 0 saturated heterocycles. The van der Waals surface area contributed by atoms with Crippen molar-refractivity contribution < 1.29 is 4.39 Å². The molecule has 1 N–H and O–H groups in total. The molecule has 0 aliphatic heterocycles. The Hall–Kier alpha value is -2.01. The van der Waals surface area contributed by atoms with Gasteiger partial charge in [0.1, 0.15) is 22.8 Å². The summed E-state index contributed by atoms with van der Waals surface area (Å²) in [6.45, 7) is 4.54. The fraction of sp³-hybridized carbons (Fsp3) is 0.200. The van der Waals surface area contributed by atoms with Gasteiger partial charge in [-0.25, -0.2) is 14.4 Å². The van der Waals surface area contributed by atoms with E-state index >= 15 is 0 Å². The van der Waals surface area contributed by atoms with Crippen molar-refractivity contribution in [3.8, 4) is 0 Å². The molecule has 0 radical (unpaired) electrons. The van der Waals surface area contributed by atoms with E-state index in [1.165, 1.54) is 16.5 Å². The SMILES string of the molecule is Cc1sc2ncnc(NCc3ccccc3F)c2c1C. The summed E-state index contributed by atoms with van der Waals surface area (Å²) in [5, 5.41) is 4.25. The Kier molecular flexibility index (Phi) is 3.36. The molecule has 0 saturated carbocycles. The third-order valence-electron chi connectivity index (χ3n) is 3.37. The largest absolute Gasteiger partial charge is 0.365 e. The monoisotopic (exact) mass is 287 g/mol. The maximum atomic E-state index is 13.6. The van der Waals surface area contributed by atoms with Crippen LogP contribution in [0, 0.1) is 19.7 Å². The molecule has 3 nitrogen and oxygen atoms in total. The number of rotatable bonds is 3. The van der Waals surface area contributed by atoms with Crippen molar-refractivity contribution in [1.29, 1.82) is 0 Å². The molecule has 0 amide bonds. The zero-order valence-electron chi connectivity index (χ0n) is 11.3. The average Bonchev–Trinajstić information content (AvgIpc) is 2.74. The molecule has 20 heavy (non-hydrogen) atoms. The molecule has 2 aromatic heterocycles. The number of hydrogen-bond donors (Lipinski definition) is 1. The normalized spacial score (nSPS) is 10.9. The molecular weight excluding hydrogens is 273 g/mol. The summed E-state index contributed by atoms with van der Waals surface area (Å²) in [6.07, 6.45) is 1.54. The van der Waals surface area contributed by atoms with Crippen molar-refractivity contribution in [2.45, 2.75) is 20.4 Å². The van der Waals surface area contributed by atoms with Crippen LogP contribution in [0.25, 0.3) is 10.2 Å². The van der Waals surface area contributed by atoms with E-state index in [1.807, 2.05) is 6.07 Å². The van der Waals surface area contributed by atoms with Crippen molar-refractivity contribution >= 4 is 27.4 Å². The van der Waals surface area contributed by atoms with E-state index in [1.54, 1.807) is 29.8 Å². The summed E-state index contributed by atoms with van der Waals surface area (Å²) in [5.41, 5.74) is 1.81. The second-order valence-electron chi connectivity index (χ2n) is 4.63. The van der Waals surface area contributed by atoms with E-state index < -0.39 is 0 Å². The third-order valence-corrected chi connectivity index (χ3v) is 4.48. The molecule has 2 heterocycles. The van der Waals surface area contributed by atoms with E-state index in [0.29, 0.717) is 12.1 Å². The highest BCUT2D eigenvalue weighted by atomic mass is 32.1. The first-order chi connectivity index (χ1) is 9.66. The van der Waals surface area contributed by atoms with Gasteiger partial charge in [0.15, 0.2) is 0 Å². The Bertz CT molecular complexity index is 767. The average molecular weight is 287 g/mol. The number of fused-ring (bicyclic) bond motifs is 1. The molecule has 0 aliphatic carbocycles. The number of halogens is 1. The summed E-state index contributed by atoms with van der Waals surface area (Å²) < 4.78 is 13.6. The quantitative estimate of drug-likeness (QED) is 0.789. The van der Waals surface area contributed by atoms with Gasteiger partial charge in [-0.1, -0.05) is 18.2 Å². The minimum Gasteiger partial charge on any atom is -0.365 e. The number of benzene rings is 1. The van der Waals surface area contributed by atoms with Crippen LogP contribution in [0.2, 0.25) is 0 Å². The predicted molar refractivity (Wildman–Crippen MR) is 80.6 cm³/mol. The van der Waals surface area contributed by atoms with Crippen molar-refractivity contribution in [3.63, 3.8) is 0 Å². The van der Waals surface area contributed by atoms with Crippen molar-refractivity contribution in [1.82, 2.24) is 9.97 Å². The molecule has 0 fully saturated rings. The first-order valence-electron chi connectivity index (χ1n) is 6.35. The number of thiophene rings is 1. The predicted octanol–water partition coefficient (Wildman–Crippen LogP) is 4.06. The van der Waals surface area contributed by atoms with E-state index in [9.17, 15) is 4.39 Å². The third kappa shape index (κ3) is 2.25. The first-order valence-corrected chi connectivity index (χ1v) is 7.16. The summed E-state index contributed by atoms with van der Waals surface area (Å²) in [4.78, 5) is 10.8. The number of hydrogen-bond acceptors (Lipinski definition) is 4. The Morgan fingerprint density at radius 3 is 2.80 bits per heavy atom. The van der Waals surface area contributed by atoms with Gasteiger partial charge in [0, 0.05) is 17.0 Å². The molecular formula is C15H14FN3S. The second-order valence-corrected chi connectivity index (χ2v) is 5.83. The minimum absolute atomic E-state index is 0.205. The Morgan fingerprint density at radius 2 is 2.00 bits per heavy atom. The van der Waals surface area contributed by atoms with Gasteiger partial charge in [-0.05, 0) is 25.5 Å². The molecule has 1 aromatic carbocycles. The van der Waals surface area contributed by atoms with Crippen LogP contribution in [0.3, 0.4) is 0 Å². The molecule has 0 unspecified atom stereocenters. The highest BCUT2D eigenvalue weighted by molar-refractivity contribution is 7.18. The zero-order valence-corrected chi connectivity index (χ0v) is 12.1. The van der Waals surface area contributed by atoms with Crippen LogP contribution in [0.1, 0.15) is 16.0 Å². The van der Waals surface area contributed by atoms with Gasteiger partial charge in [-0.2, -0.15) is 0 Å². The maximum absolute atomic E-state index is 13.6. The van der Waals surface area contributed by atoms with E-state index in [-0.39, 0.29) is 5.82 Å². The first kappa shape index (κ1) is 13.0. The Balaban J connectivity index is 1.94. The van der Waals surface area contributed by atoms with Gasteiger partial charge in [-0.3, -0.25) is 0 Å². The molecule has 0 aliphatic rings. The van der Waals surface area contributed by atoms with Crippen molar-refractivity contribution in [3.05, 3.63) is 52.4 Å². The van der Waals surface area contributed by atoms with Gasteiger partial charge in [0.05, 0.1) is 5.39 Å². The number of anilines is 1. The van der Waals surface area contributed by atoms with Gasteiger partial charge >= 0.3 is 0 Å². The van der Waals surface area contributed by atoms with Gasteiger partial charge in [0.25, 0.3) is 0 Å². The van der Waals surface area contributed by atoms with E-state index in [2.05, 4.69) is 29.1 Å². The van der Waals surface area contributed by atoms with Crippen LogP contribution in [0.5, 0.6) is 0 Å². The topological polar surface area (TPSA) is 37.8 Å². The van der Waals surface area contributed by atoms with Crippen LogP contribution < -0.4 is 5.32 Å². The number of nitrogens with zero attached hydrogens (tertiary/aromatic N) is 2. The summed E-state index contributed by atoms with van der Waals surface area (Å²) >= 11 is 1.65. The Labute approximate surface area is 120 Å². The molecule has 0 atom stereocenters. The van der Waals surface area contributed by atoms with E-state index in [4.69, 9.17) is 0 Å². The highest BCUT2D eigenvalue weighted by Gasteiger charge is 2.12. The minimum atomic E-state index is -0.205. The number of nitrogens with one attached hydrogen (secondary N) is 1. The molecule has 102 valence electrons. The molecule has 5 heteroatoms. The van der Waals surface area contributed by atoms with Crippen LogP contribution in [0.4, 0.5) is 10.2 Å². The zero-order chi connectivity index (χ0) is 14.1. The van der Waals surface area contributed by atoms with Crippen LogP contribution in [-0.4, -0.2) is 9.97 Å². The van der Waals surface area contributed by atoms with Gasteiger partial charge in [-0.15, -0.1) is 11.3 Å². The maximum Gasteiger partial charge on any atom is 0.138 e. The fourth-order valence-electron chi connectivity index (χ4n) is 2.14. The summed E-state index contributed by atoms with van der Waals surface area (Å²) in [7, 11) is 0. The molecule has 0 spiro atoms. The lowest BCUT2D eigenvalue weighted by atomic mass is 10.2. The molecule has 3 rings (SSSR count). The number of aromatic nitrogens is 2. The standard InChI is InChI=1S/C15H14FN3S/c1-9-10(2)20-15-13(9)14(18-8-19-15)17-7-11-5-3-4-6-12(11)16/h3-6,8H,7H2,1-2H3,(H,17,18,19). The summed E-state index contributed by atoms with van der Waals surface area (Å²) in [5.74, 6) is 0.559. The van der Waals surface area contributed by atoms with Crippen LogP contribution in [0.15, 0.2) is 30.6 Å². The molecule has 3 aromatic rings. The lowest BCUT2D eigenvalue weighted by Crippen LogP contribution is -2.04. The van der Waals surface area contributed by atoms with Crippen molar-refractivity contribution in [2.24, 2.45) is 0 Å². The van der Waals surface area contributed by atoms with Crippen LogP contribution >= 0.6 is 11.3 Å². The fourth-order valence-corrected chi connectivity index (χ4v) is 3.13. The summed E-state index contributed by atoms with van der Waals surface area (Å²) in [6, 6.07) is 6.75. The molecule has 0 bridgehead atoms. The lowest BCUT2D eigenvalue weighted by molar-refractivity contribution is 0.613. The van der Waals surface area contributed by atoms with Gasteiger partial charge in [0.2, 0.25) is 0 Å². The number of aryl methyl sites for hydroxylation is 2. The smallest absolute Gasteiger partial charge is 0.138 e.